The second kappa shape index (κ2) is 6.93. The van der Waals surface area contributed by atoms with Crippen molar-refractivity contribution in [1.82, 2.24) is 0 Å². The van der Waals surface area contributed by atoms with Crippen molar-refractivity contribution in [1.29, 1.82) is 0 Å². The second-order valence-electron chi connectivity index (χ2n) is 4.82. The molecule has 0 aromatic heterocycles. The summed E-state index contributed by atoms with van der Waals surface area (Å²) in [7, 11) is 3.10. The lowest BCUT2D eigenvalue weighted by atomic mass is 10.00. The van der Waals surface area contributed by atoms with Gasteiger partial charge >= 0.3 is 0 Å². The Labute approximate surface area is 125 Å². The minimum atomic E-state index is -0.0613. The SMILES string of the molecule is CCCc1ccc(C(=O)c2cccc(OC)c2OC)cc1. The summed E-state index contributed by atoms with van der Waals surface area (Å²) in [5.74, 6) is 0.974. The van der Waals surface area contributed by atoms with Gasteiger partial charge in [-0.3, -0.25) is 4.79 Å². The van der Waals surface area contributed by atoms with Gasteiger partial charge in [-0.05, 0) is 24.1 Å². The van der Waals surface area contributed by atoms with E-state index in [-0.39, 0.29) is 5.78 Å². The molecule has 0 bridgehead atoms. The fourth-order valence-corrected chi connectivity index (χ4v) is 2.33. The highest BCUT2D eigenvalue weighted by Crippen LogP contribution is 2.32. The van der Waals surface area contributed by atoms with Crippen LogP contribution in [0, 0.1) is 0 Å². The summed E-state index contributed by atoms with van der Waals surface area (Å²) in [6.45, 7) is 2.14. The molecule has 0 amide bonds. The largest absolute Gasteiger partial charge is 0.493 e. The van der Waals surface area contributed by atoms with E-state index < -0.39 is 0 Å². The highest BCUT2D eigenvalue weighted by molar-refractivity contribution is 6.11. The van der Waals surface area contributed by atoms with E-state index in [1.807, 2.05) is 24.3 Å². The van der Waals surface area contributed by atoms with Crippen LogP contribution in [0.1, 0.15) is 34.8 Å². The van der Waals surface area contributed by atoms with Gasteiger partial charge in [0.25, 0.3) is 0 Å². The van der Waals surface area contributed by atoms with Crippen LogP contribution in [0.15, 0.2) is 42.5 Å². The number of rotatable bonds is 6. The summed E-state index contributed by atoms with van der Waals surface area (Å²) in [5, 5.41) is 0. The van der Waals surface area contributed by atoms with Crippen LogP contribution in [-0.2, 0) is 6.42 Å². The molecule has 21 heavy (non-hydrogen) atoms. The lowest BCUT2D eigenvalue weighted by molar-refractivity contribution is 0.103. The van der Waals surface area contributed by atoms with E-state index in [0.29, 0.717) is 22.6 Å². The minimum Gasteiger partial charge on any atom is -0.493 e. The van der Waals surface area contributed by atoms with Crippen LogP contribution in [0.4, 0.5) is 0 Å². The lowest BCUT2D eigenvalue weighted by Gasteiger charge is -2.12. The van der Waals surface area contributed by atoms with E-state index in [1.165, 1.54) is 5.56 Å². The van der Waals surface area contributed by atoms with Crippen molar-refractivity contribution in [3.63, 3.8) is 0 Å². The highest BCUT2D eigenvalue weighted by atomic mass is 16.5. The number of ether oxygens (including phenoxy) is 2. The molecule has 0 aliphatic carbocycles. The van der Waals surface area contributed by atoms with E-state index in [1.54, 1.807) is 32.4 Å². The third-order valence-electron chi connectivity index (χ3n) is 3.40. The first kappa shape index (κ1) is 15.1. The average molecular weight is 284 g/mol. The summed E-state index contributed by atoms with van der Waals surface area (Å²) in [5.41, 5.74) is 2.41. The summed E-state index contributed by atoms with van der Waals surface area (Å²) in [6, 6.07) is 13.1. The number of carbonyl (C=O) groups excluding carboxylic acids is 1. The number of ketones is 1. The molecule has 0 aliphatic heterocycles. The zero-order valence-electron chi connectivity index (χ0n) is 12.7. The van der Waals surface area contributed by atoms with Crippen LogP contribution >= 0.6 is 0 Å². The molecule has 0 atom stereocenters. The maximum Gasteiger partial charge on any atom is 0.196 e. The predicted molar refractivity (Wildman–Crippen MR) is 83.4 cm³/mol. The van der Waals surface area contributed by atoms with Crippen molar-refractivity contribution in [3.8, 4) is 11.5 Å². The summed E-state index contributed by atoms with van der Waals surface area (Å²) >= 11 is 0. The maximum atomic E-state index is 12.6. The number of hydrogen-bond donors (Lipinski definition) is 0. The molecule has 0 saturated carbocycles. The number of methoxy groups -OCH3 is 2. The van der Waals surface area contributed by atoms with Crippen LogP contribution in [0.5, 0.6) is 11.5 Å². The molecule has 0 unspecified atom stereocenters. The van der Waals surface area contributed by atoms with Gasteiger partial charge in [-0.1, -0.05) is 43.7 Å². The molecule has 3 heteroatoms. The summed E-state index contributed by atoms with van der Waals surface area (Å²) < 4.78 is 10.6. The van der Waals surface area contributed by atoms with Gasteiger partial charge < -0.3 is 9.47 Å². The van der Waals surface area contributed by atoms with Gasteiger partial charge in [0.2, 0.25) is 0 Å². The van der Waals surface area contributed by atoms with Gasteiger partial charge in [0.15, 0.2) is 17.3 Å². The van der Waals surface area contributed by atoms with E-state index in [0.717, 1.165) is 12.8 Å². The molecule has 2 rings (SSSR count). The first-order chi connectivity index (χ1) is 10.2. The summed E-state index contributed by atoms with van der Waals surface area (Å²) in [6.07, 6.45) is 2.12. The van der Waals surface area contributed by atoms with Crippen LogP contribution in [0.2, 0.25) is 0 Å². The van der Waals surface area contributed by atoms with Gasteiger partial charge in [-0.15, -0.1) is 0 Å². The van der Waals surface area contributed by atoms with Crippen molar-refractivity contribution in [2.75, 3.05) is 14.2 Å². The van der Waals surface area contributed by atoms with Crippen molar-refractivity contribution < 1.29 is 14.3 Å². The van der Waals surface area contributed by atoms with Gasteiger partial charge in [-0.2, -0.15) is 0 Å². The van der Waals surface area contributed by atoms with Crippen LogP contribution in [0.25, 0.3) is 0 Å². The standard InChI is InChI=1S/C18H20O3/c1-4-6-13-9-11-14(12-10-13)17(19)15-7-5-8-16(20-2)18(15)21-3/h5,7-12H,4,6H2,1-3H3. The first-order valence-electron chi connectivity index (χ1n) is 7.05. The molecular weight excluding hydrogens is 264 g/mol. The Bertz CT molecular complexity index is 615. The Balaban J connectivity index is 2.35. The molecule has 0 spiro atoms. The van der Waals surface area contributed by atoms with Gasteiger partial charge in [0, 0.05) is 5.56 Å². The van der Waals surface area contributed by atoms with E-state index in [4.69, 9.17) is 9.47 Å². The molecule has 0 aliphatic rings. The predicted octanol–water partition coefficient (Wildman–Crippen LogP) is 3.89. The number of para-hydroxylation sites is 1. The van der Waals surface area contributed by atoms with Gasteiger partial charge in [0.05, 0.1) is 19.8 Å². The molecule has 2 aromatic carbocycles. The van der Waals surface area contributed by atoms with Gasteiger partial charge in [0.1, 0.15) is 0 Å². The Kier molecular flexibility index (Phi) is 4.99. The molecule has 110 valence electrons. The third-order valence-corrected chi connectivity index (χ3v) is 3.40. The Morgan fingerprint density at radius 1 is 1.00 bits per heavy atom. The smallest absolute Gasteiger partial charge is 0.196 e. The number of carbonyl (C=O) groups is 1. The number of hydrogen-bond acceptors (Lipinski definition) is 3. The van der Waals surface area contributed by atoms with Crippen LogP contribution in [-0.4, -0.2) is 20.0 Å². The second-order valence-corrected chi connectivity index (χ2v) is 4.82. The van der Waals surface area contributed by atoms with Crippen molar-refractivity contribution in [3.05, 3.63) is 59.2 Å². The summed E-state index contributed by atoms with van der Waals surface area (Å²) in [4.78, 5) is 12.6. The van der Waals surface area contributed by atoms with Crippen molar-refractivity contribution in [2.24, 2.45) is 0 Å². The highest BCUT2D eigenvalue weighted by Gasteiger charge is 2.17. The molecule has 2 aromatic rings. The Morgan fingerprint density at radius 2 is 1.71 bits per heavy atom. The minimum absolute atomic E-state index is 0.0613. The van der Waals surface area contributed by atoms with E-state index in [9.17, 15) is 4.79 Å². The monoisotopic (exact) mass is 284 g/mol. The first-order valence-corrected chi connectivity index (χ1v) is 7.05. The normalized spacial score (nSPS) is 10.2. The molecule has 0 fully saturated rings. The fourth-order valence-electron chi connectivity index (χ4n) is 2.33. The number of benzene rings is 2. The maximum absolute atomic E-state index is 12.6. The van der Waals surface area contributed by atoms with Crippen molar-refractivity contribution in [2.45, 2.75) is 19.8 Å². The zero-order valence-corrected chi connectivity index (χ0v) is 12.7. The third kappa shape index (κ3) is 3.24. The lowest BCUT2D eigenvalue weighted by Crippen LogP contribution is -2.05. The fraction of sp³-hybridized carbons (Fsp3) is 0.278. The molecular formula is C18H20O3. The van der Waals surface area contributed by atoms with Crippen LogP contribution in [0.3, 0.4) is 0 Å². The van der Waals surface area contributed by atoms with Crippen molar-refractivity contribution >= 4 is 5.78 Å². The molecule has 3 nitrogen and oxygen atoms in total. The molecule has 0 saturated heterocycles. The molecule has 0 heterocycles. The topological polar surface area (TPSA) is 35.5 Å². The average Bonchev–Trinajstić information content (AvgIpc) is 2.54. The van der Waals surface area contributed by atoms with Crippen LogP contribution < -0.4 is 9.47 Å². The van der Waals surface area contributed by atoms with E-state index >= 15 is 0 Å². The Hall–Kier alpha value is -2.29. The zero-order chi connectivity index (χ0) is 15.2. The quantitative estimate of drug-likeness (QED) is 0.755. The van der Waals surface area contributed by atoms with E-state index in [2.05, 4.69) is 6.92 Å². The molecule has 0 N–H and O–H groups in total. The molecule has 0 radical (unpaired) electrons. The Morgan fingerprint density at radius 3 is 2.29 bits per heavy atom. The number of aryl methyl sites for hydroxylation is 1. The van der Waals surface area contributed by atoms with Gasteiger partial charge in [-0.25, -0.2) is 0 Å².